The van der Waals surface area contributed by atoms with Crippen LogP contribution in [0.3, 0.4) is 0 Å². The average molecular weight is 444 g/mol. The molecule has 2 amide bonds. The molecule has 0 saturated carbocycles. The topological polar surface area (TPSA) is 110 Å². The number of sulfone groups is 1. The molecule has 7 nitrogen and oxygen atoms in total. The first-order chi connectivity index (χ1) is 14.7. The Bertz CT molecular complexity index is 1020. The largest absolute Gasteiger partial charge is 0.369 e. The molecule has 8 heteroatoms. The van der Waals surface area contributed by atoms with Gasteiger partial charge >= 0.3 is 0 Å². The summed E-state index contributed by atoms with van der Waals surface area (Å²) in [5, 5.41) is 2.75. The number of nitrogens with zero attached hydrogens (tertiary/aromatic N) is 1. The van der Waals surface area contributed by atoms with Crippen molar-refractivity contribution in [2.75, 3.05) is 24.2 Å². The van der Waals surface area contributed by atoms with E-state index in [0.717, 1.165) is 30.5 Å². The van der Waals surface area contributed by atoms with Gasteiger partial charge in [-0.2, -0.15) is 0 Å². The number of amides is 2. The number of carbonyl (C=O) groups is 2. The van der Waals surface area contributed by atoms with E-state index in [-0.39, 0.29) is 34.8 Å². The molecule has 3 N–H and O–H groups in total. The zero-order valence-corrected chi connectivity index (χ0v) is 18.5. The number of piperidine rings is 1. The molecule has 0 bridgehead atoms. The van der Waals surface area contributed by atoms with Gasteiger partial charge in [0.05, 0.1) is 16.6 Å². The minimum atomic E-state index is -3.50. The summed E-state index contributed by atoms with van der Waals surface area (Å²) in [6, 6.07) is 14.1. The van der Waals surface area contributed by atoms with Gasteiger partial charge in [0.25, 0.3) is 0 Å². The highest BCUT2D eigenvalue weighted by molar-refractivity contribution is 7.91. The first-order valence-electron chi connectivity index (χ1n) is 10.4. The third-order valence-electron chi connectivity index (χ3n) is 5.53. The van der Waals surface area contributed by atoms with Crippen LogP contribution in [0.5, 0.6) is 0 Å². The first-order valence-corrected chi connectivity index (χ1v) is 12.1. The Morgan fingerprint density at radius 2 is 1.77 bits per heavy atom. The molecule has 2 aromatic rings. The van der Waals surface area contributed by atoms with Gasteiger partial charge in [-0.05, 0) is 56.1 Å². The number of hydrogen-bond donors (Lipinski definition) is 2. The van der Waals surface area contributed by atoms with Crippen LogP contribution >= 0.6 is 0 Å². The zero-order valence-electron chi connectivity index (χ0n) is 17.7. The second kappa shape index (κ2) is 10.1. The number of nitrogens with two attached hydrogens (primary N) is 1. The van der Waals surface area contributed by atoms with E-state index in [2.05, 4.69) is 10.2 Å². The quantitative estimate of drug-likeness (QED) is 0.651. The third-order valence-corrected chi connectivity index (χ3v) is 7.26. The fourth-order valence-electron chi connectivity index (χ4n) is 3.70. The van der Waals surface area contributed by atoms with Crippen molar-refractivity contribution < 1.29 is 18.0 Å². The minimum absolute atomic E-state index is 0.0940. The van der Waals surface area contributed by atoms with Crippen LogP contribution in [0.1, 0.15) is 30.4 Å². The molecule has 1 aliphatic rings. The molecule has 0 spiro atoms. The second-order valence-electron chi connectivity index (χ2n) is 8.10. The SMILES string of the molecule is Cc1ccc(S(=O)(=O)CCC(=O)Nc2ccc(CN3CCCC(C(N)=O)C3)cc2)cc1. The predicted octanol–water partition coefficient (Wildman–Crippen LogP) is 2.49. The summed E-state index contributed by atoms with van der Waals surface area (Å²) in [5.41, 5.74) is 8.11. The van der Waals surface area contributed by atoms with E-state index in [1.165, 1.54) is 0 Å². The Hall–Kier alpha value is -2.71. The number of aryl methyl sites for hydroxylation is 1. The fourth-order valence-corrected chi connectivity index (χ4v) is 4.94. The first kappa shape index (κ1) is 23.0. The van der Waals surface area contributed by atoms with Crippen LogP contribution in [0.2, 0.25) is 0 Å². The lowest BCUT2D eigenvalue weighted by Gasteiger charge is -2.31. The smallest absolute Gasteiger partial charge is 0.225 e. The lowest BCUT2D eigenvalue weighted by Crippen LogP contribution is -2.40. The molecule has 0 aromatic heterocycles. The summed E-state index contributed by atoms with van der Waals surface area (Å²) >= 11 is 0. The van der Waals surface area contributed by atoms with E-state index < -0.39 is 9.84 Å². The summed E-state index contributed by atoms with van der Waals surface area (Å²) in [5.74, 6) is -0.921. The highest BCUT2D eigenvalue weighted by Crippen LogP contribution is 2.19. The number of hydrogen-bond acceptors (Lipinski definition) is 5. The fraction of sp³-hybridized carbons (Fsp3) is 0.391. The van der Waals surface area contributed by atoms with Gasteiger partial charge in [-0.15, -0.1) is 0 Å². The second-order valence-corrected chi connectivity index (χ2v) is 10.2. The molecule has 1 aliphatic heterocycles. The van der Waals surface area contributed by atoms with Crippen LogP contribution in [0.15, 0.2) is 53.4 Å². The molecule has 31 heavy (non-hydrogen) atoms. The average Bonchev–Trinajstić information content (AvgIpc) is 2.74. The third kappa shape index (κ3) is 6.63. The van der Waals surface area contributed by atoms with Gasteiger partial charge in [0, 0.05) is 25.2 Å². The van der Waals surface area contributed by atoms with E-state index in [4.69, 9.17) is 5.73 Å². The van der Waals surface area contributed by atoms with Crippen LogP contribution < -0.4 is 11.1 Å². The number of primary amides is 1. The van der Waals surface area contributed by atoms with E-state index in [1.54, 1.807) is 36.4 Å². The number of nitrogens with one attached hydrogen (secondary N) is 1. The summed E-state index contributed by atoms with van der Waals surface area (Å²) in [4.78, 5) is 26.1. The molecular formula is C23H29N3O4S. The number of rotatable bonds is 8. The molecule has 1 unspecified atom stereocenters. The van der Waals surface area contributed by atoms with E-state index >= 15 is 0 Å². The molecule has 0 radical (unpaired) electrons. The highest BCUT2D eigenvalue weighted by atomic mass is 32.2. The molecule has 2 aromatic carbocycles. The molecule has 1 atom stereocenters. The van der Waals surface area contributed by atoms with Gasteiger partial charge in [0.2, 0.25) is 11.8 Å². The Kier molecular flexibility index (Phi) is 7.46. The van der Waals surface area contributed by atoms with Crippen LogP contribution in [-0.2, 0) is 26.0 Å². The number of benzene rings is 2. The van der Waals surface area contributed by atoms with E-state index in [9.17, 15) is 18.0 Å². The molecule has 3 rings (SSSR count). The van der Waals surface area contributed by atoms with Gasteiger partial charge in [-0.25, -0.2) is 8.42 Å². The van der Waals surface area contributed by atoms with Gasteiger partial charge in [0.15, 0.2) is 9.84 Å². The molecule has 0 aliphatic carbocycles. The molecule has 1 saturated heterocycles. The molecule has 1 heterocycles. The van der Waals surface area contributed by atoms with Crippen molar-refractivity contribution in [2.45, 2.75) is 37.6 Å². The predicted molar refractivity (Wildman–Crippen MR) is 120 cm³/mol. The Morgan fingerprint density at radius 1 is 1.10 bits per heavy atom. The van der Waals surface area contributed by atoms with Crippen molar-refractivity contribution in [2.24, 2.45) is 11.7 Å². The summed E-state index contributed by atoms with van der Waals surface area (Å²) in [7, 11) is -3.50. The summed E-state index contributed by atoms with van der Waals surface area (Å²) in [6.07, 6.45) is 1.68. The number of anilines is 1. The van der Waals surface area contributed by atoms with Gasteiger partial charge in [0.1, 0.15) is 0 Å². The highest BCUT2D eigenvalue weighted by Gasteiger charge is 2.23. The normalized spacial score (nSPS) is 17.3. The van der Waals surface area contributed by atoms with Gasteiger partial charge < -0.3 is 11.1 Å². The standard InChI is InChI=1S/C23H29N3O4S/c1-17-4-10-21(11-5-17)31(29,30)14-12-22(27)25-20-8-6-18(7-9-20)15-26-13-2-3-19(16-26)23(24)28/h4-11,19H,2-3,12-16H2,1H3,(H2,24,28)(H,25,27). The maximum Gasteiger partial charge on any atom is 0.225 e. The Balaban J connectivity index is 1.49. The van der Waals surface area contributed by atoms with Crippen LogP contribution in [0.25, 0.3) is 0 Å². The van der Waals surface area contributed by atoms with Crippen molar-refractivity contribution in [3.63, 3.8) is 0 Å². The van der Waals surface area contributed by atoms with Gasteiger partial charge in [-0.3, -0.25) is 14.5 Å². The van der Waals surface area contributed by atoms with Crippen molar-refractivity contribution in [1.29, 1.82) is 0 Å². The monoisotopic (exact) mass is 443 g/mol. The van der Waals surface area contributed by atoms with E-state index in [0.29, 0.717) is 18.8 Å². The molecule has 166 valence electrons. The van der Waals surface area contributed by atoms with Crippen molar-refractivity contribution in [3.8, 4) is 0 Å². The summed E-state index contributed by atoms with van der Waals surface area (Å²) in [6.45, 7) is 4.20. The minimum Gasteiger partial charge on any atom is -0.369 e. The van der Waals surface area contributed by atoms with Crippen molar-refractivity contribution >= 4 is 27.3 Å². The van der Waals surface area contributed by atoms with E-state index in [1.807, 2.05) is 19.1 Å². The lowest BCUT2D eigenvalue weighted by molar-refractivity contribution is -0.123. The van der Waals surface area contributed by atoms with Crippen molar-refractivity contribution in [1.82, 2.24) is 4.90 Å². The number of carbonyl (C=O) groups excluding carboxylic acids is 2. The summed E-state index contributed by atoms with van der Waals surface area (Å²) < 4.78 is 24.8. The van der Waals surface area contributed by atoms with Crippen molar-refractivity contribution in [3.05, 3.63) is 59.7 Å². The Labute approximate surface area is 183 Å². The van der Waals surface area contributed by atoms with Crippen LogP contribution in [0.4, 0.5) is 5.69 Å². The van der Waals surface area contributed by atoms with Crippen LogP contribution in [0, 0.1) is 12.8 Å². The van der Waals surface area contributed by atoms with Crippen LogP contribution in [-0.4, -0.2) is 44.0 Å². The number of likely N-dealkylation sites (tertiary alicyclic amines) is 1. The maximum absolute atomic E-state index is 12.4. The lowest BCUT2D eigenvalue weighted by atomic mass is 9.97. The van der Waals surface area contributed by atoms with Gasteiger partial charge in [-0.1, -0.05) is 29.8 Å². The maximum atomic E-state index is 12.4. The zero-order chi connectivity index (χ0) is 22.4. The Morgan fingerprint density at radius 3 is 2.42 bits per heavy atom. The molecule has 1 fully saturated rings. The molecular weight excluding hydrogens is 414 g/mol.